The van der Waals surface area contributed by atoms with Crippen LogP contribution < -0.4 is 10.1 Å². The summed E-state index contributed by atoms with van der Waals surface area (Å²) in [4.78, 5) is 22.6. The van der Waals surface area contributed by atoms with Gasteiger partial charge in [-0.1, -0.05) is 30.3 Å². The van der Waals surface area contributed by atoms with Crippen LogP contribution in [0.3, 0.4) is 0 Å². The van der Waals surface area contributed by atoms with Crippen molar-refractivity contribution in [2.75, 3.05) is 39.6 Å². The molecule has 2 aromatic carbocycles. The van der Waals surface area contributed by atoms with E-state index < -0.39 is 26.7 Å². The standard InChI is InChI=1S/C31H44FNO8Si/c1-4-39-42(40-5-2,41-6-3)23-11-20-33-31(36)38-22-10-8-7-9-21-37-29-18-17-27(24-28(29)32)26-15-12-25(13-16-26)14-19-30(34)35/h12-19,24H,4-11,20-23H2,1-3H3,(H,33,36)(H,34,35). The molecule has 0 aliphatic heterocycles. The predicted octanol–water partition coefficient (Wildman–Crippen LogP) is 6.69. The van der Waals surface area contributed by atoms with Crippen LogP contribution in [0, 0.1) is 5.82 Å². The number of benzene rings is 2. The average molecular weight is 606 g/mol. The molecule has 1 amide bonds. The van der Waals surface area contributed by atoms with Crippen molar-refractivity contribution in [1.82, 2.24) is 5.32 Å². The fraction of sp³-hybridized carbons (Fsp3) is 0.484. The monoisotopic (exact) mass is 605 g/mol. The van der Waals surface area contributed by atoms with Crippen molar-refractivity contribution in [3.8, 4) is 16.9 Å². The van der Waals surface area contributed by atoms with Gasteiger partial charge >= 0.3 is 20.9 Å². The molecule has 9 nitrogen and oxygen atoms in total. The number of aliphatic carboxylic acids is 1. The number of amides is 1. The molecule has 0 spiro atoms. The molecule has 2 aromatic rings. The lowest BCUT2D eigenvalue weighted by Gasteiger charge is -2.28. The number of hydrogen-bond acceptors (Lipinski definition) is 7. The number of carboxylic acid groups (broad SMARTS) is 1. The second kappa shape index (κ2) is 19.8. The molecule has 0 radical (unpaired) electrons. The molecule has 0 unspecified atom stereocenters. The number of unbranched alkanes of at least 4 members (excludes halogenated alkanes) is 3. The van der Waals surface area contributed by atoms with Crippen molar-refractivity contribution in [1.29, 1.82) is 0 Å². The summed E-state index contributed by atoms with van der Waals surface area (Å²) in [6.45, 7) is 8.47. The lowest BCUT2D eigenvalue weighted by atomic mass is 10.0. The van der Waals surface area contributed by atoms with Crippen LogP contribution in [0.5, 0.6) is 5.75 Å². The Bertz CT molecular complexity index is 1100. The Labute approximate surface area is 249 Å². The maximum Gasteiger partial charge on any atom is 0.500 e. The minimum absolute atomic E-state index is 0.198. The molecule has 42 heavy (non-hydrogen) atoms. The lowest BCUT2D eigenvalue weighted by molar-refractivity contribution is -0.131. The first-order valence-electron chi connectivity index (χ1n) is 14.6. The minimum atomic E-state index is -2.70. The Kier molecular flexibility index (Phi) is 16.5. The molecule has 0 aliphatic carbocycles. The molecule has 2 rings (SSSR count). The van der Waals surface area contributed by atoms with Gasteiger partial charge in [-0.25, -0.2) is 14.0 Å². The van der Waals surface area contributed by atoms with Crippen LogP contribution in [0.2, 0.25) is 6.04 Å². The van der Waals surface area contributed by atoms with Crippen molar-refractivity contribution in [3.05, 3.63) is 59.9 Å². The summed E-state index contributed by atoms with van der Waals surface area (Å²) in [5, 5.41) is 11.5. The number of ether oxygens (including phenoxy) is 2. The summed E-state index contributed by atoms with van der Waals surface area (Å²) in [6.07, 6.45) is 6.01. The van der Waals surface area contributed by atoms with Crippen LogP contribution >= 0.6 is 0 Å². The highest BCUT2D eigenvalue weighted by Gasteiger charge is 2.39. The lowest BCUT2D eigenvalue weighted by Crippen LogP contribution is -2.46. The van der Waals surface area contributed by atoms with E-state index in [1.54, 1.807) is 24.3 Å². The van der Waals surface area contributed by atoms with Crippen LogP contribution in [0.4, 0.5) is 9.18 Å². The third-order valence-corrected chi connectivity index (χ3v) is 9.30. The first-order valence-corrected chi connectivity index (χ1v) is 16.5. The molecule has 0 saturated heterocycles. The first kappa shape index (κ1) is 34.9. The maximum absolute atomic E-state index is 14.6. The van der Waals surface area contributed by atoms with E-state index in [-0.39, 0.29) is 5.75 Å². The third-order valence-electron chi connectivity index (χ3n) is 6.15. The molecule has 0 aromatic heterocycles. The van der Waals surface area contributed by atoms with Crippen LogP contribution in [0.1, 0.15) is 58.4 Å². The zero-order valence-corrected chi connectivity index (χ0v) is 25.9. The zero-order valence-electron chi connectivity index (χ0n) is 24.9. The summed E-state index contributed by atoms with van der Waals surface area (Å²) in [6, 6.07) is 12.6. The molecule has 0 fully saturated rings. The predicted molar refractivity (Wildman–Crippen MR) is 162 cm³/mol. The van der Waals surface area contributed by atoms with Crippen molar-refractivity contribution in [3.63, 3.8) is 0 Å². The molecular weight excluding hydrogens is 561 g/mol. The van der Waals surface area contributed by atoms with Crippen LogP contribution in [0.15, 0.2) is 48.5 Å². The second-order valence-corrected chi connectivity index (χ2v) is 12.1. The van der Waals surface area contributed by atoms with Gasteiger partial charge in [-0.05, 0) is 87.8 Å². The number of carbonyl (C=O) groups excluding carboxylic acids is 1. The molecule has 11 heteroatoms. The Hall–Kier alpha value is -3.25. The van der Waals surface area contributed by atoms with Crippen molar-refractivity contribution >= 4 is 26.9 Å². The quantitative estimate of drug-likeness (QED) is 0.0919. The number of carboxylic acids is 1. The Morgan fingerprint density at radius 1 is 0.857 bits per heavy atom. The third kappa shape index (κ3) is 13.2. The number of rotatable bonds is 21. The van der Waals surface area contributed by atoms with Gasteiger partial charge in [0.15, 0.2) is 11.6 Å². The summed E-state index contributed by atoms with van der Waals surface area (Å²) in [7, 11) is -2.70. The highest BCUT2D eigenvalue weighted by Crippen LogP contribution is 2.26. The number of hydrogen-bond donors (Lipinski definition) is 2. The summed E-state index contributed by atoms with van der Waals surface area (Å²) in [5.41, 5.74) is 2.26. The smallest absolute Gasteiger partial charge is 0.491 e. The normalized spacial score (nSPS) is 11.5. The second-order valence-electron chi connectivity index (χ2n) is 9.35. The zero-order chi connectivity index (χ0) is 30.6. The summed E-state index contributed by atoms with van der Waals surface area (Å²) >= 11 is 0. The maximum atomic E-state index is 14.6. The topological polar surface area (TPSA) is 113 Å². The SMILES string of the molecule is CCO[Si](CCCNC(=O)OCCCCCCOc1ccc(-c2ccc(C=CC(=O)O)cc2)cc1F)(OCC)OCC. The van der Waals surface area contributed by atoms with Gasteiger partial charge < -0.3 is 33.2 Å². The fourth-order valence-electron chi connectivity index (χ4n) is 4.20. The number of carbonyl (C=O) groups is 2. The van der Waals surface area contributed by atoms with Crippen LogP contribution in [-0.4, -0.2) is 65.6 Å². The van der Waals surface area contributed by atoms with Gasteiger partial charge in [0.05, 0.1) is 13.2 Å². The van der Waals surface area contributed by atoms with Gasteiger partial charge in [0.2, 0.25) is 0 Å². The molecule has 0 saturated carbocycles. The largest absolute Gasteiger partial charge is 0.500 e. The summed E-state index contributed by atoms with van der Waals surface area (Å²) < 4.78 is 42.9. The number of alkyl carbamates (subject to hydrolysis) is 1. The molecule has 0 aliphatic rings. The van der Waals surface area contributed by atoms with Crippen LogP contribution in [0.25, 0.3) is 17.2 Å². The van der Waals surface area contributed by atoms with Crippen molar-refractivity contribution in [2.24, 2.45) is 0 Å². The van der Waals surface area contributed by atoms with E-state index >= 15 is 0 Å². The highest BCUT2D eigenvalue weighted by molar-refractivity contribution is 6.60. The number of halogens is 1. The Balaban J connectivity index is 1.59. The summed E-state index contributed by atoms with van der Waals surface area (Å²) in [5.74, 6) is -1.26. The number of nitrogens with one attached hydrogen (secondary N) is 1. The molecular formula is C31H44FNO8Si. The first-order chi connectivity index (χ1) is 20.3. The van der Waals surface area contributed by atoms with Gasteiger partial charge in [0.1, 0.15) is 0 Å². The molecule has 2 N–H and O–H groups in total. The van der Waals surface area contributed by atoms with Crippen molar-refractivity contribution < 1.29 is 41.8 Å². The Morgan fingerprint density at radius 3 is 2.07 bits per heavy atom. The molecule has 0 heterocycles. The van der Waals surface area contributed by atoms with E-state index in [4.69, 9.17) is 27.9 Å². The molecule has 0 bridgehead atoms. The van der Waals surface area contributed by atoms with Crippen molar-refractivity contribution in [2.45, 2.75) is 58.9 Å². The van der Waals surface area contributed by atoms with Gasteiger partial charge in [-0.3, -0.25) is 0 Å². The van der Waals surface area contributed by atoms with E-state index in [1.807, 2.05) is 32.9 Å². The van der Waals surface area contributed by atoms with E-state index in [1.165, 1.54) is 12.1 Å². The van der Waals surface area contributed by atoms with E-state index in [9.17, 15) is 14.0 Å². The van der Waals surface area contributed by atoms with Gasteiger partial charge in [-0.15, -0.1) is 0 Å². The molecule has 0 atom stereocenters. The Morgan fingerprint density at radius 2 is 1.48 bits per heavy atom. The fourth-order valence-corrected chi connectivity index (χ4v) is 6.82. The van der Waals surface area contributed by atoms with Gasteiger partial charge in [0.25, 0.3) is 0 Å². The molecule has 232 valence electrons. The van der Waals surface area contributed by atoms with Gasteiger partial charge in [0, 0.05) is 38.5 Å². The van der Waals surface area contributed by atoms with E-state index in [0.29, 0.717) is 57.6 Å². The van der Waals surface area contributed by atoms with Crippen LogP contribution in [-0.2, 0) is 22.8 Å². The average Bonchev–Trinajstić information content (AvgIpc) is 2.97. The van der Waals surface area contributed by atoms with E-state index in [0.717, 1.165) is 42.9 Å². The minimum Gasteiger partial charge on any atom is -0.491 e. The van der Waals surface area contributed by atoms with Gasteiger partial charge in [-0.2, -0.15) is 0 Å². The van der Waals surface area contributed by atoms with E-state index in [2.05, 4.69) is 5.32 Å². The highest BCUT2D eigenvalue weighted by atomic mass is 28.4.